The molecule has 9 heteroatoms. The number of hydrogen-bond donors (Lipinski definition) is 0. The van der Waals surface area contributed by atoms with E-state index in [0.717, 1.165) is 11.8 Å². The first-order valence-electron chi connectivity index (χ1n) is 7.26. The van der Waals surface area contributed by atoms with Gasteiger partial charge in [0, 0.05) is 5.56 Å². The lowest BCUT2D eigenvalue weighted by molar-refractivity contribution is -0.274. The number of hydrogen-bond acceptors (Lipinski definition) is 4. The first-order valence-corrected chi connectivity index (χ1v) is 7.26. The minimum absolute atomic E-state index is 0.298. The normalized spacial score (nSPS) is 11.5. The number of alkyl halides is 3. The average molecular weight is 352 g/mol. The fourth-order valence-corrected chi connectivity index (χ4v) is 2.34. The molecule has 0 aliphatic carbocycles. The van der Waals surface area contributed by atoms with Crippen LogP contribution in [0.2, 0.25) is 0 Å². The molecule has 0 saturated carbocycles. The van der Waals surface area contributed by atoms with Crippen molar-refractivity contribution in [3.8, 4) is 11.4 Å². The summed E-state index contributed by atoms with van der Waals surface area (Å²) in [6.45, 7) is 0. The van der Waals surface area contributed by atoms with Crippen molar-refractivity contribution in [2.75, 3.05) is 0 Å². The second-order valence-corrected chi connectivity index (χ2v) is 5.13. The zero-order valence-electron chi connectivity index (χ0n) is 12.7. The lowest BCUT2D eigenvalue weighted by atomic mass is 10.0. The third-order valence-electron chi connectivity index (χ3n) is 3.44. The number of aromatic nitrogens is 4. The molecule has 0 unspecified atom stereocenters. The molecule has 0 aliphatic rings. The van der Waals surface area contributed by atoms with E-state index in [1.807, 2.05) is 0 Å². The number of ether oxygens (including phenoxy) is 1. The predicted octanol–water partition coefficient (Wildman–Crippen LogP) is 3.49. The molecule has 0 radical (unpaired) electrons. The number of benzene rings is 1. The van der Waals surface area contributed by atoms with Crippen LogP contribution in [-0.2, 0) is 12.8 Å². The lowest BCUT2D eigenvalue weighted by Crippen LogP contribution is -2.17. The van der Waals surface area contributed by atoms with Gasteiger partial charge < -0.3 is 4.74 Å². The van der Waals surface area contributed by atoms with E-state index in [1.54, 1.807) is 0 Å². The van der Waals surface area contributed by atoms with Crippen molar-refractivity contribution >= 4 is 0 Å². The Bertz CT molecular complexity index is 832. The summed E-state index contributed by atoms with van der Waals surface area (Å²) in [6.07, 6.45) is 1.49. The molecule has 0 aliphatic heterocycles. The van der Waals surface area contributed by atoms with Crippen LogP contribution in [0, 0.1) is 5.82 Å². The van der Waals surface area contributed by atoms with E-state index in [0.29, 0.717) is 24.1 Å². The topological polar surface area (TPSA) is 52.8 Å². The van der Waals surface area contributed by atoms with E-state index < -0.39 is 12.2 Å². The zero-order valence-corrected chi connectivity index (χ0v) is 12.7. The Labute approximate surface area is 139 Å². The number of rotatable bonds is 5. The number of halogens is 4. The van der Waals surface area contributed by atoms with Gasteiger partial charge in [-0.15, -0.1) is 18.0 Å². The van der Waals surface area contributed by atoms with Gasteiger partial charge in [-0.25, -0.2) is 4.39 Å². The third kappa shape index (κ3) is 4.31. The van der Waals surface area contributed by atoms with Crippen molar-refractivity contribution < 1.29 is 22.3 Å². The highest BCUT2D eigenvalue weighted by atomic mass is 19.4. The summed E-state index contributed by atoms with van der Waals surface area (Å²) in [7, 11) is 0. The monoisotopic (exact) mass is 352 g/mol. The molecule has 3 aromatic rings. The van der Waals surface area contributed by atoms with Crippen LogP contribution in [0.4, 0.5) is 17.6 Å². The standard InChI is InChI=1S/C16H12F4N4O/c17-14-9-21-10-15(24-22-7-8-23-24)13(14)6-3-11-1-4-12(5-2-11)25-16(18,19)20/h1-2,4-5,7-10H,3,6H2. The van der Waals surface area contributed by atoms with Gasteiger partial charge in [0.05, 0.1) is 24.8 Å². The van der Waals surface area contributed by atoms with E-state index in [-0.39, 0.29) is 5.75 Å². The summed E-state index contributed by atoms with van der Waals surface area (Å²) in [6, 6.07) is 5.46. The lowest BCUT2D eigenvalue weighted by Gasteiger charge is -2.11. The number of nitrogens with zero attached hydrogens (tertiary/aromatic N) is 4. The molecule has 0 atom stereocenters. The summed E-state index contributed by atoms with van der Waals surface area (Å²) < 4.78 is 54.4. The van der Waals surface area contributed by atoms with Crippen LogP contribution < -0.4 is 4.74 Å². The fourth-order valence-electron chi connectivity index (χ4n) is 2.34. The summed E-state index contributed by atoms with van der Waals surface area (Å²) >= 11 is 0. The van der Waals surface area contributed by atoms with Crippen molar-refractivity contribution in [3.63, 3.8) is 0 Å². The van der Waals surface area contributed by atoms with Gasteiger partial charge in [0.25, 0.3) is 0 Å². The molecule has 0 spiro atoms. The van der Waals surface area contributed by atoms with Crippen molar-refractivity contribution in [1.29, 1.82) is 0 Å². The minimum Gasteiger partial charge on any atom is -0.406 e. The second kappa shape index (κ2) is 6.88. The van der Waals surface area contributed by atoms with E-state index in [2.05, 4.69) is 19.9 Å². The van der Waals surface area contributed by atoms with Gasteiger partial charge in [-0.1, -0.05) is 12.1 Å². The van der Waals surface area contributed by atoms with Crippen molar-refractivity contribution in [1.82, 2.24) is 20.0 Å². The summed E-state index contributed by atoms with van der Waals surface area (Å²) in [4.78, 5) is 5.07. The van der Waals surface area contributed by atoms with Gasteiger partial charge in [-0.3, -0.25) is 4.98 Å². The Morgan fingerprint density at radius 1 is 0.960 bits per heavy atom. The Morgan fingerprint density at radius 3 is 2.28 bits per heavy atom. The maximum Gasteiger partial charge on any atom is 0.573 e. The zero-order chi connectivity index (χ0) is 17.9. The molecule has 1 aromatic carbocycles. The molecule has 0 N–H and O–H groups in total. The maximum absolute atomic E-state index is 14.1. The first-order chi connectivity index (χ1) is 11.9. The van der Waals surface area contributed by atoms with Crippen LogP contribution in [0.25, 0.3) is 5.69 Å². The molecule has 0 amide bonds. The highest BCUT2D eigenvalue weighted by Crippen LogP contribution is 2.24. The van der Waals surface area contributed by atoms with Crippen LogP contribution >= 0.6 is 0 Å². The van der Waals surface area contributed by atoms with Gasteiger partial charge in [0.1, 0.15) is 17.3 Å². The van der Waals surface area contributed by atoms with Crippen LogP contribution in [0.1, 0.15) is 11.1 Å². The van der Waals surface area contributed by atoms with Crippen LogP contribution in [0.3, 0.4) is 0 Å². The van der Waals surface area contributed by atoms with Gasteiger partial charge >= 0.3 is 6.36 Å². The summed E-state index contributed by atoms with van der Waals surface area (Å²) in [5, 5.41) is 7.93. The Balaban J connectivity index is 1.74. The molecule has 5 nitrogen and oxygen atoms in total. The molecule has 25 heavy (non-hydrogen) atoms. The van der Waals surface area contributed by atoms with Crippen molar-refractivity contribution in [3.05, 3.63) is 66.0 Å². The van der Waals surface area contributed by atoms with E-state index in [4.69, 9.17) is 0 Å². The van der Waals surface area contributed by atoms with Crippen LogP contribution in [-0.4, -0.2) is 26.3 Å². The molecule has 0 saturated heterocycles. The molecule has 3 rings (SSSR count). The minimum atomic E-state index is -4.73. The summed E-state index contributed by atoms with van der Waals surface area (Å²) in [5.41, 5.74) is 1.54. The van der Waals surface area contributed by atoms with Crippen LogP contribution in [0.15, 0.2) is 49.1 Å². The fraction of sp³-hybridized carbons (Fsp3) is 0.188. The van der Waals surface area contributed by atoms with Gasteiger partial charge in [-0.2, -0.15) is 10.2 Å². The van der Waals surface area contributed by atoms with Crippen LogP contribution in [0.5, 0.6) is 5.75 Å². The Kier molecular flexibility index (Phi) is 4.64. The molecule has 2 aromatic heterocycles. The average Bonchev–Trinajstić information content (AvgIpc) is 3.08. The largest absolute Gasteiger partial charge is 0.573 e. The summed E-state index contributed by atoms with van der Waals surface area (Å²) in [5.74, 6) is -0.792. The smallest absolute Gasteiger partial charge is 0.406 e. The highest BCUT2D eigenvalue weighted by Gasteiger charge is 2.30. The SMILES string of the molecule is Fc1cncc(-n2nccn2)c1CCc1ccc(OC(F)(F)F)cc1. The van der Waals surface area contributed by atoms with E-state index in [1.165, 1.54) is 47.7 Å². The highest BCUT2D eigenvalue weighted by molar-refractivity contribution is 5.38. The molecular weight excluding hydrogens is 340 g/mol. The molecular formula is C16H12F4N4O. The number of pyridine rings is 1. The molecule has 130 valence electrons. The van der Waals surface area contributed by atoms with Gasteiger partial charge in [-0.05, 0) is 30.5 Å². The van der Waals surface area contributed by atoms with Crippen molar-refractivity contribution in [2.45, 2.75) is 19.2 Å². The third-order valence-corrected chi connectivity index (χ3v) is 3.44. The first kappa shape index (κ1) is 16.9. The maximum atomic E-state index is 14.1. The number of aryl methyl sites for hydroxylation is 1. The molecule has 0 fully saturated rings. The second-order valence-electron chi connectivity index (χ2n) is 5.13. The molecule has 0 bridgehead atoms. The quantitative estimate of drug-likeness (QED) is 0.660. The van der Waals surface area contributed by atoms with E-state index >= 15 is 0 Å². The predicted molar refractivity (Wildman–Crippen MR) is 79.6 cm³/mol. The Morgan fingerprint density at radius 2 is 1.64 bits per heavy atom. The van der Waals surface area contributed by atoms with Gasteiger partial charge in [0.2, 0.25) is 0 Å². The Hall–Kier alpha value is -2.97. The van der Waals surface area contributed by atoms with Gasteiger partial charge in [0.15, 0.2) is 0 Å². The van der Waals surface area contributed by atoms with E-state index in [9.17, 15) is 17.6 Å². The van der Waals surface area contributed by atoms with Crippen molar-refractivity contribution in [2.24, 2.45) is 0 Å². The molecule has 2 heterocycles.